The van der Waals surface area contributed by atoms with Gasteiger partial charge in [0.15, 0.2) is 0 Å². The molecular formula is C20H26N4O2. The molecule has 3 heterocycles. The van der Waals surface area contributed by atoms with Crippen LogP contribution >= 0.6 is 0 Å². The molecule has 1 unspecified atom stereocenters. The molecule has 0 spiro atoms. The van der Waals surface area contributed by atoms with Gasteiger partial charge >= 0.3 is 0 Å². The van der Waals surface area contributed by atoms with Gasteiger partial charge < -0.3 is 0 Å². The molecule has 6 heteroatoms. The van der Waals surface area contributed by atoms with Crippen molar-refractivity contribution in [1.82, 2.24) is 20.2 Å². The molecular weight excluding hydrogens is 328 g/mol. The zero-order valence-electron chi connectivity index (χ0n) is 15.4. The molecule has 2 aromatic rings. The summed E-state index contributed by atoms with van der Waals surface area (Å²) < 4.78 is 2.08. The van der Waals surface area contributed by atoms with Crippen LogP contribution in [0, 0.1) is 6.92 Å². The van der Waals surface area contributed by atoms with Gasteiger partial charge in [-0.25, -0.2) is 5.48 Å². The van der Waals surface area contributed by atoms with E-state index < -0.39 is 0 Å². The monoisotopic (exact) mass is 354 g/mol. The Morgan fingerprint density at radius 2 is 2.00 bits per heavy atom. The summed E-state index contributed by atoms with van der Waals surface area (Å²) in [6, 6.07) is 9.54. The minimum Gasteiger partial charge on any atom is -0.289 e. The Balaban J connectivity index is 1.50. The van der Waals surface area contributed by atoms with E-state index in [1.807, 2.05) is 0 Å². The molecule has 1 aromatic heterocycles. The summed E-state index contributed by atoms with van der Waals surface area (Å²) in [4.78, 5) is 13.8. The smallest absolute Gasteiger partial charge is 0.243 e. The predicted molar refractivity (Wildman–Crippen MR) is 97.8 cm³/mol. The number of amides is 1. The summed E-state index contributed by atoms with van der Waals surface area (Å²) in [5.41, 5.74) is 8.20. The molecule has 0 radical (unpaired) electrons. The molecule has 0 saturated carbocycles. The van der Waals surface area contributed by atoms with Gasteiger partial charge in [-0.3, -0.25) is 19.6 Å². The Labute approximate surface area is 153 Å². The summed E-state index contributed by atoms with van der Waals surface area (Å²) in [5.74, 6) is -0.344. The van der Waals surface area contributed by atoms with Gasteiger partial charge in [0.05, 0.1) is 17.4 Å². The van der Waals surface area contributed by atoms with Gasteiger partial charge in [0.1, 0.15) is 0 Å². The number of aryl methyl sites for hydroxylation is 3. The summed E-state index contributed by atoms with van der Waals surface area (Å²) >= 11 is 0. The van der Waals surface area contributed by atoms with Crippen LogP contribution < -0.4 is 5.48 Å². The van der Waals surface area contributed by atoms with Crippen molar-refractivity contribution in [2.75, 3.05) is 6.54 Å². The van der Waals surface area contributed by atoms with Gasteiger partial charge in [0.2, 0.25) is 5.91 Å². The Bertz CT molecular complexity index is 812. The molecule has 0 aliphatic carbocycles. The Morgan fingerprint density at radius 1 is 1.27 bits per heavy atom. The Kier molecular flexibility index (Phi) is 4.54. The molecule has 138 valence electrons. The van der Waals surface area contributed by atoms with Gasteiger partial charge in [-0.15, -0.1) is 0 Å². The molecule has 1 saturated heterocycles. The van der Waals surface area contributed by atoms with E-state index in [1.165, 1.54) is 35.4 Å². The fourth-order valence-electron chi connectivity index (χ4n) is 4.73. The number of carbonyl (C=O) groups excluding carboxylic acids is 1. The van der Waals surface area contributed by atoms with Gasteiger partial charge in [-0.05, 0) is 49.3 Å². The first kappa shape index (κ1) is 17.2. The molecule has 4 rings (SSSR count). The van der Waals surface area contributed by atoms with Gasteiger partial charge in [-0.1, -0.05) is 24.3 Å². The minimum atomic E-state index is -0.344. The van der Waals surface area contributed by atoms with Crippen LogP contribution in [0.5, 0.6) is 0 Å². The molecule has 2 aliphatic rings. The lowest BCUT2D eigenvalue weighted by Crippen LogP contribution is -2.34. The van der Waals surface area contributed by atoms with Crippen molar-refractivity contribution in [3.05, 3.63) is 52.3 Å². The van der Waals surface area contributed by atoms with Gasteiger partial charge in [0, 0.05) is 26.1 Å². The molecule has 0 bridgehead atoms. The number of nitrogens with one attached hydrogen (secondary N) is 1. The van der Waals surface area contributed by atoms with E-state index in [9.17, 15) is 4.79 Å². The number of hydrogen-bond acceptors (Lipinski definition) is 4. The highest BCUT2D eigenvalue weighted by Gasteiger charge is 2.40. The second kappa shape index (κ2) is 6.85. The zero-order valence-corrected chi connectivity index (χ0v) is 15.4. The summed E-state index contributed by atoms with van der Waals surface area (Å²) in [5, 5.41) is 13.2. The number of aromatic nitrogens is 2. The highest BCUT2D eigenvalue weighted by Crippen LogP contribution is 2.47. The average Bonchev–Trinajstić information content (AvgIpc) is 3.21. The number of nitrogens with zero attached hydrogens (tertiary/aromatic N) is 3. The molecule has 1 fully saturated rings. The quantitative estimate of drug-likeness (QED) is 0.654. The lowest BCUT2D eigenvalue weighted by atomic mass is 9.98. The van der Waals surface area contributed by atoms with E-state index in [0.29, 0.717) is 24.9 Å². The SMILES string of the molecule is Cc1nn(C)c2c1CCN1C2CC[C@@H]1c1ccc(CCC(=O)NO)cc1. The summed E-state index contributed by atoms with van der Waals surface area (Å²) in [6.07, 6.45) is 4.36. The van der Waals surface area contributed by atoms with E-state index in [2.05, 4.69) is 52.9 Å². The van der Waals surface area contributed by atoms with Crippen LogP contribution in [0.4, 0.5) is 0 Å². The van der Waals surface area contributed by atoms with Crippen molar-refractivity contribution in [3.63, 3.8) is 0 Å². The van der Waals surface area contributed by atoms with E-state index in [0.717, 1.165) is 18.5 Å². The van der Waals surface area contributed by atoms with Crippen LogP contribution in [0.25, 0.3) is 0 Å². The van der Waals surface area contributed by atoms with Crippen LogP contribution in [0.3, 0.4) is 0 Å². The van der Waals surface area contributed by atoms with E-state index in [1.54, 1.807) is 5.48 Å². The van der Waals surface area contributed by atoms with Crippen LogP contribution in [-0.4, -0.2) is 32.3 Å². The molecule has 1 aromatic carbocycles. The second-order valence-corrected chi connectivity index (χ2v) is 7.45. The number of benzene rings is 1. The number of rotatable bonds is 4. The van der Waals surface area contributed by atoms with Gasteiger partial charge in [0.25, 0.3) is 0 Å². The van der Waals surface area contributed by atoms with E-state index >= 15 is 0 Å². The third-order valence-corrected chi connectivity index (χ3v) is 5.97. The third-order valence-electron chi connectivity index (χ3n) is 5.97. The van der Waals surface area contributed by atoms with Crippen molar-refractivity contribution in [2.45, 2.75) is 51.1 Å². The first-order valence-corrected chi connectivity index (χ1v) is 9.38. The van der Waals surface area contributed by atoms with E-state index in [-0.39, 0.29) is 5.91 Å². The first-order valence-electron chi connectivity index (χ1n) is 9.38. The largest absolute Gasteiger partial charge is 0.289 e. The topological polar surface area (TPSA) is 70.4 Å². The predicted octanol–water partition coefficient (Wildman–Crippen LogP) is 2.60. The lowest BCUT2D eigenvalue weighted by molar-refractivity contribution is -0.129. The van der Waals surface area contributed by atoms with Crippen LogP contribution in [0.2, 0.25) is 0 Å². The maximum absolute atomic E-state index is 11.2. The highest BCUT2D eigenvalue weighted by atomic mass is 16.5. The fourth-order valence-corrected chi connectivity index (χ4v) is 4.73. The lowest BCUT2D eigenvalue weighted by Gasteiger charge is -2.34. The molecule has 2 atom stereocenters. The molecule has 2 N–H and O–H groups in total. The molecule has 26 heavy (non-hydrogen) atoms. The summed E-state index contributed by atoms with van der Waals surface area (Å²) in [6.45, 7) is 3.21. The van der Waals surface area contributed by atoms with Crippen LogP contribution in [0.1, 0.15) is 59.4 Å². The standard InChI is InChI=1S/C20H26N4O2/c1-13-16-11-12-24-17(8-9-18(24)20(16)23(2)21-13)15-6-3-14(4-7-15)5-10-19(25)22-26/h3-4,6-7,17-18,26H,5,8-12H2,1-2H3,(H,22,25)/t17-,18?/m1/s1. The van der Waals surface area contributed by atoms with Crippen molar-refractivity contribution < 1.29 is 10.0 Å². The third kappa shape index (κ3) is 2.93. The van der Waals surface area contributed by atoms with E-state index in [4.69, 9.17) is 5.21 Å². The highest BCUT2D eigenvalue weighted by molar-refractivity contribution is 5.74. The maximum atomic E-state index is 11.2. The molecule has 6 nitrogen and oxygen atoms in total. The number of fused-ring (bicyclic) bond motifs is 3. The second-order valence-electron chi connectivity index (χ2n) is 7.45. The first-order chi connectivity index (χ1) is 12.6. The number of hydrogen-bond donors (Lipinski definition) is 2. The number of hydroxylamine groups is 1. The Morgan fingerprint density at radius 3 is 2.73 bits per heavy atom. The maximum Gasteiger partial charge on any atom is 0.243 e. The summed E-state index contributed by atoms with van der Waals surface area (Å²) in [7, 11) is 2.07. The van der Waals surface area contributed by atoms with Crippen molar-refractivity contribution in [3.8, 4) is 0 Å². The average molecular weight is 354 g/mol. The van der Waals surface area contributed by atoms with Crippen molar-refractivity contribution in [1.29, 1.82) is 0 Å². The van der Waals surface area contributed by atoms with Crippen molar-refractivity contribution in [2.24, 2.45) is 7.05 Å². The minimum absolute atomic E-state index is 0.302. The molecule has 1 amide bonds. The Hall–Kier alpha value is -2.18. The van der Waals surface area contributed by atoms with Crippen LogP contribution in [0.15, 0.2) is 24.3 Å². The fraction of sp³-hybridized carbons (Fsp3) is 0.500. The van der Waals surface area contributed by atoms with Crippen LogP contribution in [-0.2, 0) is 24.7 Å². The molecule has 2 aliphatic heterocycles. The normalized spacial score (nSPS) is 22.1. The van der Waals surface area contributed by atoms with Crippen molar-refractivity contribution >= 4 is 5.91 Å². The zero-order chi connectivity index (χ0) is 18.3. The van der Waals surface area contributed by atoms with Gasteiger partial charge in [-0.2, -0.15) is 5.10 Å². The number of carbonyl (C=O) groups is 1.